The minimum atomic E-state index is -4.82. The zero-order valence-electron chi connectivity index (χ0n) is 8.60. The van der Waals surface area contributed by atoms with Gasteiger partial charge in [0.05, 0.1) is 0 Å². The van der Waals surface area contributed by atoms with Gasteiger partial charge in [-0.1, -0.05) is 11.9 Å². The Labute approximate surface area is 135 Å². The Balaban J connectivity index is 0.00000196. The molecule has 0 radical (unpaired) electrons. The molecule has 0 heterocycles. The average molecular weight is 259 g/mol. The fraction of sp³-hybridized carbons (Fsp3) is 0.250. The van der Waals surface area contributed by atoms with Crippen LogP contribution in [0, 0.1) is 6.92 Å². The van der Waals surface area contributed by atoms with Gasteiger partial charge in [0.1, 0.15) is 0 Å². The van der Waals surface area contributed by atoms with Crippen molar-refractivity contribution in [3.63, 3.8) is 0 Å². The Morgan fingerprint density at radius 2 is 1.87 bits per heavy atom. The molecule has 15 heavy (non-hydrogen) atoms. The first kappa shape index (κ1) is 15.9. The van der Waals surface area contributed by atoms with Gasteiger partial charge in [-0.15, -0.1) is 12.6 Å². The molecule has 1 nitrogen and oxygen atoms in total. The van der Waals surface area contributed by atoms with E-state index >= 15 is 0 Å². The van der Waals surface area contributed by atoms with Crippen molar-refractivity contribution in [3.8, 4) is 0 Å². The predicted molar refractivity (Wildman–Crippen MR) is 55.6 cm³/mol. The predicted octanol–water partition coefficient (Wildman–Crippen LogP) is -0.201. The van der Waals surface area contributed by atoms with Crippen LogP contribution < -0.4 is 57.1 Å². The van der Waals surface area contributed by atoms with Gasteiger partial charge in [0, 0.05) is 10.6 Å². The number of rotatable bonds is 2. The topological polar surface area (TPSA) is 26.0 Å². The van der Waals surface area contributed by atoms with Gasteiger partial charge in [0.15, 0.2) is 0 Å². The molecule has 0 amide bonds. The van der Waals surface area contributed by atoms with Crippen molar-refractivity contribution < 1.29 is 64.3 Å². The van der Waals surface area contributed by atoms with E-state index in [2.05, 4.69) is 12.6 Å². The summed E-state index contributed by atoms with van der Waals surface area (Å²) in [5, 5.41) is 0. The molecule has 0 aliphatic rings. The van der Waals surface area contributed by atoms with Crippen LogP contribution in [0.15, 0.2) is 17.0 Å². The second-order valence-electron chi connectivity index (χ2n) is 3.24. The van der Waals surface area contributed by atoms with E-state index in [0.29, 0.717) is 16.1 Å². The summed E-state index contributed by atoms with van der Waals surface area (Å²) in [4.78, 5) is 0.500. The van der Waals surface area contributed by atoms with Gasteiger partial charge in [0.2, 0.25) is 0 Å². The van der Waals surface area contributed by atoms with E-state index in [4.69, 9.17) is 5.73 Å². The first-order valence-electron chi connectivity index (χ1n) is 4.08. The Bertz CT molecular complexity index is 356. The van der Waals surface area contributed by atoms with Gasteiger partial charge in [-0.25, -0.2) is 0 Å². The van der Waals surface area contributed by atoms with E-state index in [1.165, 1.54) is 6.07 Å². The molecule has 1 aromatic rings. The zero-order valence-corrected chi connectivity index (χ0v) is 12.6. The molecule has 7 heteroatoms. The SMILES string of the molecule is Cc1c(S)cc(N)cc1C[B-](F)(F)F.[K+]. The van der Waals surface area contributed by atoms with E-state index in [0.717, 1.165) is 0 Å². The Kier molecular flexibility index (Phi) is 6.32. The average Bonchev–Trinajstić information content (AvgIpc) is 1.96. The van der Waals surface area contributed by atoms with Crippen LogP contribution in [0.1, 0.15) is 11.1 Å². The standard InChI is InChI=1S/C8H10BF3NS.K/c1-5-6(4-9(10,11)12)2-7(13)3-8(5)14;/h2-3,14H,4,13H2,1H3;/q-1;+1. The van der Waals surface area contributed by atoms with Gasteiger partial charge < -0.3 is 18.7 Å². The maximum Gasteiger partial charge on any atom is 1.00 e. The summed E-state index contributed by atoms with van der Waals surface area (Å²) in [7, 11) is 0. The first-order chi connectivity index (χ1) is 6.29. The molecule has 0 aromatic heterocycles. The van der Waals surface area contributed by atoms with Crippen LogP contribution in [0.4, 0.5) is 18.6 Å². The molecule has 0 unspecified atom stereocenters. The molecule has 1 rings (SSSR count). The molecule has 0 bridgehead atoms. The van der Waals surface area contributed by atoms with Gasteiger partial charge in [-0.2, -0.15) is 0 Å². The largest absolute Gasteiger partial charge is 1.00 e. The number of nitrogen functional groups attached to an aromatic ring is 1. The third-order valence-corrected chi connectivity index (χ3v) is 2.43. The van der Waals surface area contributed by atoms with Crippen molar-refractivity contribution in [2.24, 2.45) is 0 Å². The number of halogens is 3. The molecular formula is C8H10BF3KNS. The Hall–Kier alpha value is 0.861. The van der Waals surface area contributed by atoms with Crippen LogP contribution >= 0.6 is 12.6 Å². The van der Waals surface area contributed by atoms with Gasteiger partial charge in [0.25, 0.3) is 0 Å². The summed E-state index contributed by atoms with van der Waals surface area (Å²) in [5.74, 6) is 0. The molecule has 78 valence electrons. The zero-order chi connectivity index (χ0) is 10.9. The van der Waals surface area contributed by atoms with Crippen molar-refractivity contribution in [1.82, 2.24) is 0 Å². The first-order valence-corrected chi connectivity index (χ1v) is 4.53. The summed E-state index contributed by atoms with van der Waals surface area (Å²) in [6, 6.07) is 2.90. The van der Waals surface area contributed by atoms with Crippen LogP contribution in [0.2, 0.25) is 0 Å². The molecule has 0 atom stereocenters. The van der Waals surface area contributed by atoms with Gasteiger partial charge in [-0.05, 0) is 24.6 Å². The molecule has 0 saturated heterocycles. The van der Waals surface area contributed by atoms with E-state index in [-0.39, 0.29) is 56.9 Å². The summed E-state index contributed by atoms with van der Waals surface area (Å²) >= 11 is 4.05. The van der Waals surface area contributed by atoms with Crippen LogP contribution in [0.3, 0.4) is 0 Å². The summed E-state index contributed by atoms with van der Waals surface area (Å²) in [5.41, 5.74) is 6.51. The van der Waals surface area contributed by atoms with Crippen LogP contribution in [0.5, 0.6) is 0 Å². The third kappa shape index (κ3) is 5.14. The third-order valence-electron chi connectivity index (χ3n) is 1.96. The van der Waals surface area contributed by atoms with Gasteiger partial charge in [-0.3, -0.25) is 0 Å². The maximum atomic E-state index is 12.2. The van der Waals surface area contributed by atoms with Crippen LogP contribution in [-0.4, -0.2) is 6.98 Å². The second kappa shape index (κ2) is 5.97. The smallest absolute Gasteiger partial charge is 0.449 e. The van der Waals surface area contributed by atoms with Crippen molar-refractivity contribution in [3.05, 3.63) is 23.3 Å². The molecule has 0 saturated carbocycles. The van der Waals surface area contributed by atoms with Crippen LogP contribution in [0.25, 0.3) is 0 Å². The van der Waals surface area contributed by atoms with E-state index < -0.39 is 13.3 Å². The molecular weight excluding hydrogens is 249 g/mol. The number of anilines is 1. The molecule has 0 aliphatic heterocycles. The number of thiol groups is 1. The normalized spacial score (nSPS) is 11.0. The second-order valence-corrected chi connectivity index (χ2v) is 3.72. The van der Waals surface area contributed by atoms with E-state index in [1.54, 1.807) is 13.0 Å². The van der Waals surface area contributed by atoms with Crippen LogP contribution in [-0.2, 0) is 6.32 Å². The molecule has 2 N–H and O–H groups in total. The molecule has 0 spiro atoms. The quantitative estimate of drug-likeness (QED) is 0.429. The summed E-state index contributed by atoms with van der Waals surface area (Å²) < 4.78 is 36.5. The number of hydrogen-bond acceptors (Lipinski definition) is 2. The maximum absolute atomic E-state index is 12.2. The number of benzene rings is 1. The molecule has 0 aliphatic carbocycles. The van der Waals surface area contributed by atoms with Crippen molar-refractivity contribution in [1.29, 1.82) is 0 Å². The number of hydrogen-bond donors (Lipinski definition) is 2. The van der Waals surface area contributed by atoms with Crippen molar-refractivity contribution in [2.45, 2.75) is 18.1 Å². The fourth-order valence-corrected chi connectivity index (χ4v) is 1.54. The monoisotopic (exact) mass is 259 g/mol. The minimum Gasteiger partial charge on any atom is -0.449 e. The molecule has 0 fully saturated rings. The minimum absolute atomic E-state index is 0. The fourth-order valence-electron chi connectivity index (χ4n) is 1.24. The Morgan fingerprint density at radius 1 is 1.33 bits per heavy atom. The van der Waals surface area contributed by atoms with E-state index in [9.17, 15) is 12.9 Å². The number of nitrogens with two attached hydrogens (primary N) is 1. The van der Waals surface area contributed by atoms with Gasteiger partial charge >= 0.3 is 58.4 Å². The molecule has 1 aromatic carbocycles. The van der Waals surface area contributed by atoms with E-state index in [1.807, 2.05) is 0 Å². The van der Waals surface area contributed by atoms with Crippen molar-refractivity contribution in [2.75, 3.05) is 5.73 Å². The Morgan fingerprint density at radius 3 is 2.33 bits per heavy atom. The van der Waals surface area contributed by atoms with Crippen molar-refractivity contribution >= 4 is 25.3 Å². The summed E-state index contributed by atoms with van der Waals surface area (Å²) in [6.07, 6.45) is -0.898. The summed E-state index contributed by atoms with van der Waals surface area (Å²) in [6.45, 7) is -3.21.